The molecule has 0 saturated heterocycles. The quantitative estimate of drug-likeness (QED) is 0.521. The second kappa shape index (κ2) is 7.67. The number of allylic oxidation sites excluding steroid dienone is 8. The van der Waals surface area contributed by atoms with Crippen LogP contribution in [-0.2, 0) is 21.3 Å². The molecular weight excluding hydrogens is 379 g/mol. The van der Waals surface area contributed by atoms with Crippen molar-refractivity contribution in [3.63, 3.8) is 0 Å². The van der Waals surface area contributed by atoms with E-state index in [1.54, 1.807) is 14.4 Å². The van der Waals surface area contributed by atoms with Crippen LogP contribution in [0.1, 0.15) is 57.9 Å². The van der Waals surface area contributed by atoms with E-state index in [0.29, 0.717) is 0 Å². The van der Waals surface area contributed by atoms with Crippen LogP contribution in [0.4, 0.5) is 0 Å². The Morgan fingerprint density at radius 3 is 2.68 bits per heavy atom. The van der Waals surface area contributed by atoms with Gasteiger partial charge in [0, 0.05) is 0 Å². The van der Waals surface area contributed by atoms with Gasteiger partial charge < -0.3 is 0 Å². The molecule has 0 amide bonds. The average Bonchev–Trinajstić information content (AvgIpc) is 3.30. The summed E-state index contributed by atoms with van der Waals surface area (Å²) in [6, 6.07) is 11.2. The van der Waals surface area contributed by atoms with Gasteiger partial charge in [0.05, 0.1) is 0 Å². The predicted molar refractivity (Wildman–Crippen MR) is 106 cm³/mol. The SMILES string of the molecule is CCC1=CC[C](/[Zr](=[C](/C)c2ccccc2)[CH]2C=CC3=C2CCCC3)=C1. The van der Waals surface area contributed by atoms with Gasteiger partial charge in [0.25, 0.3) is 0 Å². The second-order valence-electron chi connectivity index (χ2n) is 7.51. The molecule has 0 aromatic heterocycles. The number of hydrogen-bond donors (Lipinski definition) is 0. The summed E-state index contributed by atoms with van der Waals surface area (Å²) in [7, 11) is 0. The molecule has 25 heavy (non-hydrogen) atoms. The Bertz CT molecular complexity index is 815. The molecular formula is C24H28Zr. The zero-order valence-electron chi connectivity index (χ0n) is 15.5. The summed E-state index contributed by atoms with van der Waals surface area (Å²) >= 11 is -1.95. The van der Waals surface area contributed by atoms with Crippen molar-refractivity contribution < 1.29 is 21.3 Å². The normalized spacial score (nSPS) is 23.4. The first kappa shape index (κ1) is 17.4. The molecule has 3 aliphatic rings. The van der Waals surface area contributed by atoms with Gasteiger partial charge in [0.1, 0.15) is 0 Å². The average molecular weight is 408 g/mol. The molecule has 1 atom stereocenters. The van der Waals surface area contributed by atoms with E-state index in [1.807, 2.05) is 8.85 Å². The summed E-state index contributed by atoms with van der Waals surface area (Å²) in [5.41, 5.74) is 6.56. The molecule has 0 fully saturated rings. The molecule has 128 valence electrons. The Kier molecular flexibility index (Phi) is 5.32. The third-order valence-corrected chi connectivity index (χ3v) is 14.2. The van der Waals surface area contributed by atoms with E-state index in [4.69, 9.17) is 0 Å². The second-order valence-corrected chi connectivity index (χ2v) is 14.5. The van der Waals surface area contributed by atoms with E-state index in [9.17, 15) is 0 Å². The van der Waals surface area contributed by atoms with Crippen molar-refractivity contribution in [3.8, 4) is 0 Å². The van der Waals surface area contributed by atoms with Crippen LogP contribution in [0.25, 0.3) is 0 Å². The van der Waals surface area contributed by atoms with Gasteiger partial charge in [0.15, 0.2) is 0 Å². The fraction of sp³-hybridized carbons (Fsp3) is 0.375. The van der Waals surface area contributed by atoms with Gasteiger partial charge in [-0.15, -0.1) is 0 Å². The third kappa shape index (κ3) is 3.45. The van der Waals surface area contributed by atoms with Crippen LogP contribution in [0.15, 0.2) is 74.6 Å². The van der Waals surface area contributed by atoms with Crippen LogP contribution in [-0.4, -0.2) is 3.21 Å². The fourth-order valence-electron chi connectivity index (χ4n) is 4.63. The standard InChI is InChI=1S/C9H11.C8H8.C7H9.Zr/c1-2-5-9-7-3-6-8(9)4-1;1-2-8-6-4-3-5-7-8;1-2-7-5-3-4-6-7;/h3,6-7H,1-2,4-5H2;3-7H,1H3;5-6H,2-3H2,1H3;. The Morgan fingerprint density at radius 1 is 1.12 bits per heavy atom. The van der Waals surface area contributed by atoms with Crippen molar-refractivity contribution in [3.05, 3.63) is 80.2 Å². The number of rotatable bonds is 4. The zero-order valence-corrected chi connectivity index (χ0v) is 18.0. The molecule has 0 heterocycles. The van der Waals surface area contributed by atoms with E-state index < -0.39 is 21.3 Å². The van der Waals surface area contributed by atoms with Crippen molar-refractivity contribution in [1.82, 2.24) is 0 Å². The van der Waals surface area contributed by atoms with Gasteiger partial charge in [-0.2, -0.15) is 0 Å². The number of hydrogen-bond acceptors (Lipinski definition) is 0. The summed E-state index contributed by atoms with van der Waals surface area (Å²) in [5, 5.41) is 0. The molecule has 0 nitrogen and oxygen atoms in total. The van der Waals surface area contributed by atoms with Crippen molar-refractivity contribution in [2.45, 2.75) is 56.0 Å². The Balaban J connectivity index is 1.81. The molecule has 0 N–H and O–H groups in total. The first-order chi connectivity index (χ1) is 12.3. The summed E-state index contributed by atoms with van der Waals surface area (Å²) in [6.45, 7) is 4.74. The van der Waals surface area contributed by atoms with E-state index in [-0.39, 0.29) is 0 Å². The molecule has 0 saturated carbocycles. The van der Waals surface area contributed by atoms with Crippen molar-refractivity contribution in [2.75, 3.05) is 0 Å². The van der Waals surface area contributed by atoms with Crippen LogP contribution >= 0.6 is 0 Å². The summed E-state index contributed by atoms with van der Waals surface area (Å²) in [4.78, 5) is 0. The van der Waals surface area contributed by atoms with Gasteiger partial charge in [-0.1, -0.05) is 0 Å². The van der Waals surface area contributed by atoms with Gasteiger partial charge in [0.2, 0.25) is 0 Å². The van der Waals surface area contributed by atoms with Gasteiger partial charge in [-0.25, -0.2) is 0 Å². The van der Waals surface area contributed by atoms with Gasteiger partial charge >= 0.3 is 161 Å². The summed E-state index contributed by atoms with van der Waals surface area (Å²) in [6.07, 6.45) is 18.0. The molecule has 1 aromatic rings. The van der Waals surface area contributed by atoms with E-state index in [1.165, 1.54) is 44.1 Å². The summed E-state index contributed by atoms with van der Waals surface area (Å²) in [5.74, 6) is 0. The first-order valence-electron chi connectivity index (χ1n) is 9.84. The number of benzene rings is 1. The Hall–Kier alpha value is -1.07. The van der Waals surface area contributed by atoms with Crippen LogP contribution < -0.4 is 0 Å². The minimum atomic E-state index is -1.95. The summed E-state index contributed by atoms with van der Waals surface area (Å²) < 4.78 is 4.32. The minimum absolute atomic E-state index is 0.772. The maximum atomic E-state index is 2.60. The molecule has 1 aromatic carbocycles. The van der Waals surface area contributed by atoms with Crippen LogP contribution in [0, 0.1) is 0 Å². The molecule has 4 rings (SSSR count). The molecule has 1 unspecified atom stereocenters. The van der Waals surface area contributed by atoms with Crippen molar-refractivity contribution in [2.24, 2.45) is 0 Å². The monoisotopic (exact) mass is 406 g/mol. The van der Waals surface area contributed by atoms with Gasteiger partial charge in [-0.3, -0.25) is 0 Å². The van der Waals surface area contributed by atoms with E-state index in [2.05, 4.69) is 68.5 Å². The molecule has 1 heteroatoms. The van der Waals surface area contributed by atoms with E-state index >= 15 is 0 Å². The third-order valence-electron chi connectivity index (χ3n) is 6.04. The zero-order chi connectivity index (χ0) is 17.2. The van der Waals surface area contributed by atoms with Crippen LogP contribution in [0.3, 0.4) is 0 Å². The molecule has 0 radical (unpaired) electrons. The molecule has 0 bridgehead atoms. The Labute approximate surface area is 160 Å². The molecule has 3 aliphatic carbocycles. The maximum absolute atomic E-state index is 2.60. The first-order valence-corrected chi connectivity index (χ1v) is 13.7. The van der Waals surface area contributed by atoms with Crippen molar-refractivity contribution >= 4 is 3.21 Å². The molecule has 0 aliphatic heterocycles. The van der Waals surface area contributed by atoms with Crippen LogP contribution in [0.5, 0.6) is 0 Å². The van der Waals surface area contributed by atoms with Crippen LogP contribution in [0.2, 0.25) is 3.63 Å². The predicted octanol–water partition coefficient (Wildman–Crippen LogP) is 6.70. The topological polar surface area (TPSA) is 0 Å². The van der Waals surface area contributed by atoms with Gasteiger partial charge in [-0.05, 0) is 0 Å². The molecule has 0 spiro atoms. The fourth-order valence-corrected chi connectivity index (χ4v) is 13.1. The van der Waals surface area contributed by atoms with Crippen molar-refractivity contribution in [1.29, 1.82) is 0 Å². The Morgan fingerprint density at radius 2 is 1.92 bits per heavy atom. The van der Waals surface area contributed by atoms with E-state index in [0.717, 1.165) is 3.63 Å².